The van der Waals surface area contributed by atoms with Gasteiger partial charge in [-0.25, -0.2) is 0 Å². The van der Waals surface area contributed by atoms with Crippen LogP contribution in [0.1, 0.15) is 30.6 Å². The van der Waals surface area contributed by atoms with Crippen LogP contribution in [0.2, 0.25) is 0 Å². The third kappa shape index (κ3) is 3.70. The Morgan fingerprint density at radius 3 is 2.45 bits per heavy atom. The Morgan fingerprint density at radius 1 is 1.05 bits per heavy atom. The monoisotopic (exact) mass is 268 g/mol. The van der Waals surface area contributed by atoms with Crippen molar-refractivity contribution in [1.29, 1.82) is 0 Å². The summed E-state index contributed by atoms with van der Waals surface area (Å²) in [6.45, 7) is 4.95. The van der Waals surface area contributed by atoms with E-state index in [0.29, 0.717) is 23.8 Å². The highest BCUT2D eigenvalue weighted by molar-refractivity contribution is 5.83. The molecule has 0 aliphatic rings. The highest BCUT2D eigenvalue weighted by Crippen LogP contribution is 2.26. The Balaban J connectivity index is 2.18. The fourth-order valence-electron chi connectivity index (χ4n) is 1.99. The first-order chi connectivity index (χ1) is 9.70. The van der Waals surface area contributed by atoms with E-state index in [1.165, 1.54) is 0 Å². The lowest BCUT2D eigenvalue weighted by molar-refractivity contribution is 0.111. The molecule has 2 nitrogen and oxygen atoms in total. The number of carbonyl (C=O) groups excluding carboxylic acids is 1. The second-order valence-electron chi connectivity index (χ2n) is 5.27. The van der Waals surface area contributed by atoms with Gasteiger partial charge in [-0.1, -0.05) is 50.2 Å². The first-order valence-electron chi connectivity index (χ1n) is 6.98. The molecule has 0 spiro atoms. The van der Waals surface area contributed by atoms with Gasteiger partial charge in [-0.15, -0.1) is 0 Å². The maximum Gasteiger partial charge on any atom is 0.153 e. The van der Waals surface area contributed by atoms with Crippen molar-refractivity contribution in [3.05, 3.63) is 54.1 Å². The van der Waals surface area contributed by atoms with Gasteiger partial charge < -0.3 is 4.74 Å². The SMILES string of the molecule is CC(C)CCOc1ccc(-c2ccccc2)cc1C=O. The van der Waals surface area contributed by atoms with Crippen molar-refractivity contribution in [3.63, 3.8) is 0 Å². The van der Waals surface area contributed by atoms with Gasteiger partial charge in [0.25, 0.3) is 0 Å². The molecule has 0 bridgehead atoms. The molecule has 2 heteroatoms. The minimum absolute atomic E-state index is 0.596. The molecule has 2 aromatic rings. The van der Waals surface area contributed by atoms with Gasteiger partial charge in [0.1, 0.15) is 5.75 Å². The zero-order valence-corrected chi connectivity index (χ0v) is 12.0. The lowest BCUT2D eigenvalue weighted by atomic mass is 10.0. The fourth-order valence-corrected chi connectivity index (χ4v) is 1.99. The lowest BCUT2D eigenvalue weighted by Gasteiger charge is -2.11. The molecule has 2 aromatic carbocycles. The molecular weight excluding hydrogens is 248 g/mol. The van der Waals surface area contributed by atoms with Crippen molar-refractivity contribution < 1.29 is 9.53 Å². The van der Waals surface area contributed by atoms with Crippen LogP contribution in [0.15, 0.2) is 48.5 Å². The topological polar surface area (TPSA) is 26.3 Å². The largest absolute Gasteiger partial charge is 0.493 e. The summed E-state index contributed by atoms with van der Waals surface area (Å²) >= 11 is 0. The first kappa shape index (κ1) is 14.3. The molecule has 0 atom stereocenters. The summed E-state index contributed by atoms with van der Waals surface area (Å²) < 4.78 is 5.70. The van der Waals surface area contributed by atoms with Crippen LogP contribution in [-0.4, -0.2) is 12.9 Å². The van der Waals surface area contributed by atoms with Crippen LogP contribution in [0.4, 0.5) is 0 Å². The third-order valence-corrected chi connectivity index (χ3v) is 3.20. The average Bonchev–Trinajstić information content (AvgIpc) is 2.48. The number of aldehydes is 1. The zero-order valence-electron chi connectivity index (χ0n) is 12.0. The van der Waals surface area contributed by atoms with Gasteiger partial charge in [-0.2, -0.15) is 0 Å². The van der Waals surface area contributed by atoms with Crippen LogP contribution in [0.3, 0.4) is 0 Å². The average molecular weight is 268 g/mol. The van der Waals surface area contributed by atoms with Gasteiger partial charge in [0.05, 0.1) is 12.2 Å². The molecule has 0 saturated heterocycles. The molecule has 0 unspecified atom stereocenters. The van der Waals surface area contributed by atoms with Crippen LogP contribution in [0.25, 0.3) is 11.1 Å². The van der Waals surface area contributed by atoms with Crippen molar-refractivity contribution in [3.8, 4) is 16.9 Å². The molecule has 0 radical (unpaired) electrons. The molecule has 0 aliphatic carbocycles. The highest BCUT2D eigenvalue weighted by atomic mass is 16.5. The summed E-state index contributed by atoms with van der Waals surface area (Å²) in [5.74, 6) is 1.26. The van der Waals surface area contributed by atoms with E-state index < -0.39 is 0 Å². The standard InChI is InChI=1S/C18H20O2/c1-14(2)10-11-20-18-9-8-16(12-17(18)13-19)15-6-4-3-5-7-15/h3-9,12-14H,10-11H2,1-2H3. The van der Waals surface area contributed by atoms with Gasteiger partial charge in [0, 0.05) is 0 Å². The lowest BCUT2D eigenvalue weighted by Crippen LogP contribution is -2.03. The predicted octanol–water partition coefficient (Wildman–Crippen LogP) is 4.59. The summed E-state index contributed by atoms with van der Waals surface area (Å²) in [5.41, 5.74) is 2.74. The molecule has 0 N–H and O–H groups in total. The third-order valence-electron chi connectivity index (χ3n) is 3.20. The zero-order chi connectivity index (χ0) is 14.4. The molecule has 0 saturated carbocycles. The minimum atomic E-state index is 0.596. The van der Waals surface area contributed by atoms with E-state index in [-0.39, 0.29) is 0 Å². The van der Waals surface area contributed by atoms with E-state index in [0.717, 1.165) is 23.8 Å². The van der Waals surface area contributed by atoms with Crippen LogP contribution in [0, 0.1) is 5.92 Å². The number of ether oxygens (including phenoxy) is 1. The van der Waals surface area contributed by atoms with Crippen molar-refractivity contribution in [2.75, 3.05) is 6.61 Å². The quantitative estimate of drug-likeness (QED) is 0.716. The van der Waals surface area contributed by atoms with Gasteiger partial charge in [0.15, 0.2) is 6.29 Å². The first-order valence-corrected chi connectivity index (χ1v) is 6.98. The van der Waals surface area contributed by atoms with E-state index in [1.54, 1.807) is 0 Å². The second kappa shape index (κ2) is 6.90. The van der Waals surface area contributed by atoms with Crippen molar-refractivity contribution in [2.24, 2.45) is 5.92 Å². The molecule has 20 heavy (non-hydrogen) atoms. The number of rotatable bonds is 6. The second-order valence-corrected chi connectivity index (χ2v) is 5.27. The Labute approximate surface area is 120 Å². The maximum absolute atomic E-state index is 11.2. The van der Waals surface area contributed by atoms with Gasteiger partial charge in [-0.3, -0.25) is 4.79 Å². The molecule has 2 rings (SSSR count). The van der Waals surface area contributed by atoms with Gasteiger partial charge in [0.2, 0.25) is 0 Å². The Morgan fingerprint density at radius 2 is 1.80 bits per heavy atom. The van der Waals surface area contributed by atoms with E-state index >= 15 is 0 Å². The molecule has 104 valence electrons. The summed E-state index contributed by atoms with van der Waals surface area (Å²) in [6, 6.07) is 15.8. The summed E-state index contributed by atoms with van der Waals surface area (Å²) in [7, 11) is 0. The highest BCUT2D eigenvalue weighted by Gasteiger charge is 2.06. The minimum Gasteiger partial charge on any atom is -0.493 e. The van der Waals surface area contributed by atoms with Gasteiger partial charge in [-0.05, 0) is 35.6 Å². The van der Waals surface area contributed by atoms with Crippen molar-refractivity contribution in [2.45, 2.75) is 20.3 Å². The predicted molar refractivity (Wildman–Crippen MR) is 82.2 cm³/mol. The summed E-state index contributed by atoms with van der Waals surface area (Å²) in [6.07, 6.45) is 1.84. The van der Waals surface area contributed by atoms with Crippen LogP contribution >= 0.6 is 0 Å². The molecular formula is C18H20O2. The molecule has 0 aromatic heterocycles. The molecule has 0 fully saturated rings. The molecule has 0 heterocycles. The van der Waals surface area contributed by atoms with Gasteiger partial charge >= 0.3 is 0 Å². The Bertz CT molecular complexity index is 559. The fraction of sp³-hybridized carbons (Fsp3) is 0.278. The number of hydrogen-bond donors (Lipinski definition) is 0. The molecule has 0 aliphatic heterocycles. The van der Waals surface area contributed by atoms with E-state index in [4.69, 9.17) is 4.74 Å². The van der Waals surface area contributed by atoms with E-state index in [1.807, 2.05) is 48.5 Å². The maximum atomic E-state index is 11.2. The Kier molecular flexibility index (Phi) is 4.94. The van der Waals surface area contributed by atoms with Crippen LogP contribution in [0.5, 0.6) is 5.75 Å². The number of benzene rings is 2. The summed E-state index contributed by atoms with van der Waals surface area (Å²) in [5, 5.41) is 0. The normalized spacial score (nSPS) is 10.6. The van der Waals surface area contributed by atoms with Crippen molar-refractivity contribution in [1.82, 2.24) is 0 Å². The molecule has 0 amide bonds. The number of hydrogen-bond acceptors (Lipinski definition) is 2. The van der Waals surface area contributed by atoms with Crippen LogP contribution in [-0.2, 0) is 0 Å². The smallest absolute Gasteiger partial charge is 0.153 e. The number of carbonyl (C=O) groups is 1. The van der Waals surface area contributed by atoms with Crippen molar-refractivity contribution >= 4 is 6.29 Å². The Hall–Kier alpha value is -2.09. The van der Waals surface area contributed by atoms with E-state index in [2.05, 4.69) is 13.8 Å². The summed E-state index contributed by atoms with van der Waals surface area (Å²) in [4.78, 5) is 11.2. The van der Waals surface area contributed by atoms with Crippen LogP contribution < -0.4 is 4.74 Å². The van der Waals surface area contributed by atoms with E-state index in [9.17, 15) is 4.79 Å².